The molecule has 0 atom stereocenters. The zero-order chi connectivity index (χ0) is 16.2. The normalized spacial score (nSPS) is 15.3. The van der Waals surface area contributed by atoms with Crippen molar-refractivity contribution in [2.75, 3.05) is 19.6 Å². The van der Waals surface area contributed by atoms with Gasteiger partial charge in [0.1, 0.15) is 0 Å². The van der Waals surface area contributed by atoms with Crippen molar-refractivity contribution in [3.63, 3.8) is 0 Å². The van der Waals surface area contributed by atoms with Gasteiger partial charge in [-0.05, 0) is 37.1 Å². The van der Waals surface area contributed by atoms with Gasteiger partial charge < -0.3 is 9.42 Å². The smallest absolute Gasteiger partial charge is 0.232 e. The van der Waals surface area contributed by atoms with E-state index in [4.69, 9.17) is 4.52 Å². The average Bonchev–Trinajstić information content (AvgIpc) is 3.08. The van der Waals surface area contributed by atoms with Gasteiger partial charge >= 0.3 is 0 Å². The molecule has 1 saturated heterocycles. The fraction of sp³-hybridized carbons (Fsp3) is 0.316. The lowest BCUT2D eigenvalue weighted by atomic mass is 9.99. The van der Waals surface area contributed by atoms with Crippen molar-refractivity contribution in [2.24, 2.45) is 0 Å². The molecule has 1 aromatic carbocycles. The summed E-state index contributed by atoms with van der Waals surface area (Å²) in [6, 6.07) is 14.5. The molecule has 3 heterocycles. The highest BCUT2D eigenvalue weighted by Gasteiger charge is 2.32. The van der Waals surface area contributed by atoms with Crippen LogP contribution >= 0.6 is 0 Å². The van der Waals surface area contributed by atoms with Gasteiger partial charge in [0.05, 0.1) is 5.92 Å². The summed E-state index contributed by atoms with van der Waals surface area (Å²) in [5.41, 5.74) is 2.30. The van der Waals surface area contributed by atoms with Crippen molar-refractivity contribution in [1.29, 1.82) is 0 Å². The number of nitrogens with zero attached hydrogens (tertiary/aromatic N) is 4. The molecule has 0 unspecified atom stereocenters. The van der Waals surface area contributed by atoms with Crippen molar-refractivity contribution < 1.29 is 4.52 Å². The molecule has 2 aromatic heterocycles. The van der Waals surface area contributed by atoms with Gasteiger partial charge in [0, 0.05) is 31.0 Å². The molecule has 1 aliphatic heterocycles. The molecule has 5 nitrogen and oxygen atoms in total. The fourth-order valence-electron chi connectivity index (χ4n) is 3.07. The Hall–Kier alpha value is -2.53. The van der Waals surface area contributed by atoms with E-state index in [2.05, 4.69) is 50.4 Å². The standard InChI is InChI=1S/C19H20N4O/c1-2-6-15(7-3-1)8-5-11-23-13-17(14-23)19-21-18(22-24-19)16-9-4-10-20-12-16/h1-4,6-7,9-10,12,17H,5,8,11,13-14H2. The Labute approximate surface area is 141 Å². The Balaban J connectivity index is 1.25. The number of hydrogen-bond donors (Lipinski definition) is 0. The first-order valence-electron chi connectivity index (χ1n) is 8.39. The zero-order valence-corrected chi connectivity index (χ0v) is 13.5. The van der Waals surface area contributed by atoms with Crippen LogP contribution in [0.3, 0.4) is 0 Å². The van der Waals surface area contributed by atoms with Crippen molar-refractivity contribution in [1.82, 2.24) is 20.0 Å². The van der Waals surface area contributed by atoms with E-state index >= 15 is 0 Å². The van der Waals surface area contributed by atoms with E-state index in [0.29, 0.717) is 11.7 Å². The van der Waals surface area contributed by atoms with Gasteiger partial charge in [0.2, 0.25) is 11.7 Å². The molecule has 0 aliphatic carbocycles. The van der Waals surface area contributed by atoms with E-state index in [1.54, 1.807) is 12.4 Å². The van der Waals surface area contributed by atoms with Crippen molar-refractivity contribution in [2.45, 2.75) is 18.8 Å². The zero-order valence-electron chi connectivity index (χ0n) is 13.5. The Morgan fingerprint density at radius 3 is 2.75 bits per heavy atom. The number of hydrogen-bond acceptors (Lipinski definition) is 5. The Morgan fingerprint density at radius 2 is 1.96 bits per heavy atom. The second-order valence-electron chi connectivity index (χ2n) is 6.24. The van der Waals surface area contributed by atoms with Gasteiger partial charge in [-0.25, -0.2) is 0 Å². The largest absolute Gasteiger partial charge is 0.339 e. The van der Waals surface area contributed by atoms with Crippen LogP contribution in [-0.4, -0.2) is 39.7 Å². The van der Waals surface area contributed by atoms with E-state index in [1.807, 2.05) is 12.1 Å². The lowest BCUT2D eigenvalue weighted by Crippen LogP contribution is -2.45. The molecular weight excluding hydrogens is 300 g/mol. The number of pyridine rings is 1. The third kappa shape index (κ3) is 3.36. The Bertz CT molecular complexity index is 766. The maximum Gasteiger partial charge on any atom is 0.232 e. The average molecular weight is 320 g/mol. The topological polar surface area (TPSA) is 55.1 Å². The Morgan fingerprint density at radius 1 is 1.08 bits per heavy atom. The number of aryl methyl sites for hydroxylation is 1. The van der Waals surface area contributed by atoms with Crippen LogP contribution in [-0.2, 0) is 6.42 Å². The van der Waals surface area contributed by atoms with Gasteiger partial charge in [-0.3, -0.25) is 4.98 Å². The highest BCUT2D eigenvalue weighted by Crippen LogP contribution is 2.27. The predicted octanol–water partition coefficient (Wildman–Crippen LogP) is 3.16. The van der Waals surface area contributed by atoms with E-state index < -0.39 is 0 Å². The summed E-state index contributed by atoms with van der Waals surface area (Å²) in [7, 11) is 0. The van der Waals surface area contributed by atoms with Crippen molar-refractivity contribution >= 4 is 0 Å². The first-order chi connectivity index (χ1) is 11.9. The number of benzene rings is 1. The molecule has 3 aromatic rings. The fourth-order valence-corrected chi connectivity index (χ4v) is 3.07. The van der Waals surface area contributed by atoms with Crippen LogP contribution in [0.15, 0.2) is 59.4 Å². The summed E-state index contributed by atoms with van der Waals surface area (Å²) in [6.07, 6.45) is 5.81. The minimum Gasteiger partial charge on any atom is -0.339 e. The summed E-state index contributed by atoms with van der Waals surface area (Å²) in [5, 5.41) is 4.07. The second kappa shape index (κ2) is 6.93. The monoisotopic (exact) mass is 320 g/mol. The molecule has 1 fully saturated rings. The molecule has 1 aliphatic rings. The van der Waals surface area contributed by atoms with Gasteiger partial charge in [-0.15, -0.1) is 0 Å². The maximum absolute atomic E-state index is 5.43. The molecule has 5 heteroatoms. The Kier molecular flexibility index (Phi) is 4.34. The SMILES string of the molecule is c1ccc(CCCN2CC(c3nc(-c4cccnc4)no3)C2)cc1. The first-order valence-corrected chi connectivity index (χ1v) is 8.39. The summed E-state index contributed by atoms with van der Waals surface area (Å²) in [6.45, 7) is 3.13. The number of aromatic nitrogens is 3. The highest BCUT2D eigenvalue weighted by atomic mass is 16.5. The van der Waals surface area contributed by atoms with Gasteiger partial charge in [0.25, 0.3) is 0 Å². The minimum absolute atomic E-state index is 0.361. The van der Waals surface area contributed by atoms with Crippen LogP contribution in [0.4, 0.5) is 0 Å². The summed E-state index contributed by atoms with van der Waals surface area (Å²) < 4.78 is 5.43. The molecule has 0 amide bonds. The van der Waals surface area contributed by atoms with Crippen LogP contribution in [0, 0.1) is 0 Å². The molecule has 0 N–H and O–H groups in total. The third-order valence-electron chi connectivity index (χ3n) is 4.45. The molecular formula is C19H20N4O. The maximum atomic E-state index is 5.43. The molecule has 0 spiro atoms. The van der Waals surface area contributed by atoms with E-state index in [1.165, 1.54) is 12.0 Å². The molecule has 0 saturated carbocycles. The third-order valence-corrected chi connectivity index (χ3v) is 4.45. The quantitative estimate of drug-likeness (QED) is 0.698. The molecule has 0 bridgehead atoms. The van der Waals surface area contributed by atoms with Crippen molar-refractivity contribution in [3.8, 4) is 11.4 Å². The minimum atomic E-state index is 0.361. The van der Waals surface area contributed by atoms with E-state index in [0.717, 1.165) is 37.5 Å². The second-order valence-corrected chi connectivity index (χ2v) is 6.24. The molecule has 0 radical (unpaired) electrons. The van der Waals surface area contributed by atoms with Crippen LogP contribution in [0.25, 0.3) is 11.4 Å². The molecule has 24 heavy (non-hydrogen) atoms. The summed E-state index contributed by atoms with van der Waals surface area (Å²) in [4.78, 5) is 11.1. The van der Waals surface area contributed by atoms with Gasteiger partial charge in [-0.2, -0.15) is 4.98 Å². The highest BCUT2D eigenvalue weighted by molar-refractivity contribution is 5.51. The van der Waals surface area contributed by atoms with E-state index in [-0.39, 0.29) is 0 Å². The lowest BCUT2D eigenvalue weighted by molar-refractivity contribution is 0.124. The van der Waals surface area contributed by atoms with Crippen LogP contribution in [0.5, 0.6) is 0 Å². The number of likely N-dealkylation sites (tertiary alicyclic amines) is 1. The lowest BCUT2D eigenvalue weighted by Gasteiger charge is -2.37. The first kappa shape index (κ1) is 15.0. The molecule has 4 rings (SSSR count). The van der Waals surface area contributed by atoms with Crippen molar-refractivity contribution in [3.05, 3.63) is 66.3 Å². The summed E-state index contributed by atoms with van der Waals surface area (Å²) in [5.74, 6) is 1.73. The van der Waals surface area contributed by atoms with Gasteiger partial charge in [-0.1, -0.05) is 35.5 Å². The van der Waals surface area contributed by atoms with Crippen LogP contribution in [0.2, 0.25) is 0 Å². The summed E-state index contributed by atoms with van der Waals surface area (Å²) >= 11 is 0. The van der Waals surface area contributed by atoms with Crippen LogP contribution < -0.4 is 0 Å². The molecule has 122 valence electrons. The predicted molar refractivity (Wildman–Crippen MR) is 91.5 cm³/mol. The van der Waals surface area contributed by atoms with Gasteiger partial charge in [0.15, 0.2) is 0 Å². The number of rotatable bonds is 6. The van der Waals surface area contributed by atoms with E-state index in [9.17, 15) is 0 Å². The van der Waals surface area contributed by atoms with Crippen LogP contribution in [0.1, 0.15) is 23.8 Å².